The summed E-state index contributed by atoms with van der Waals surface area (Å²) in [6.07, 6.45) is 0. The first-order chi connectivity index (χ1) is 11.7. The van der Waals surface area contributed by atoms with Gasteiger partial charge >= 0.3 is 6.03 Å². The van der Waals surface area contributed by atoms with Crippen LogP contribution in [-0.2, 0) is 5.41 Å². The van der Waals surface area contributed by atoms with Gasteiger partial charge in [-0.25, -0.2) is 4.79 Å². The molecule has 0 radical (unpaired) electrons. The summed E-state index contributed by atoms with van der Waals surface area (Å²) in [7, 11) is 0. The van der Waals surface area contributed by atoms with E-state index in [0.29, 0.717) is 10.7 Å². The Morgan fingerprint density at radius 3 is 2.52 bits per heavy atom. The van der Waals surface area contributed by atoms with E-state index in [1.807, 2.05) is 25.1 Å². The zero-order valence-corrected chi connectivity index (χ0v) is 16.1. The quantitative estimate of drug-likeness (QED) is 0.716. The van der Waals surface area contributed by atoms with Crippen LogP contribution in [0.25, 0.3) is 0 Å². The van der Waals surface area contributed by atoms with Crippen molar-refractivity contribution in [1.29, 1.82) is 0 Å². The third-order valence-corrected chi connectivity index (χ3v) is 4.09. The van der Waals surface area contributed by atoms with Crippen molar-refractivity contribution in [3.63, 3.8) is 0 Å². The third kappa shape index (κ3) is 5.40. The van der Waals surface area contributed by atoms with Crippen molar-refractivity contribution in [2.75, 3.05) is 12.0 Å². The van der Waals surface area contributed by atoms with Crippen molar-refractivity contribution in [2.45, 2.75) is 40.0 Å². The molecular weight excluding hydrogens is 336 g/mol. The van der Waals surface area contributed by atoms with Gasteiger partial charge in [0.15, 0.2) is 6.73 Å². The first kappa shape index (κ1) is 19.1. The Morgan fingerprint density at radius 1 is 1.12 bits per heavy atom. The maximum Gasteiger partial charge on any atom is 0.321 e. The Morgan fingerprint density at radius 2 is 1.84 bits per heavy atom. The fourth-order valence-electron chi connectivity index (χ4n) is 2.43. The van der Waals surface area contributed by atoms with E-state index in [-0.39, 0.29) is 18.2 Å². The highest BCUT2D eigenvalue weighted by molar-refractivity contribution is 6.31. The number of halogens is 1. The molecule has 0 atom stereocenters. The highest BCUT2D eigenvalue weighted by Gasteiger charge is 2.19. The van der Waals surface area contributed by atoms with Crippen LogP contribution in [0.4, 0.5) is 10.5 Å². The molecule has 0 heterocycles. The molecule has 4 nitrogen and oxygen atoms in total. The van der Waals surface area contributed by atoms with Crippen LogP contribution in [0.15, 0.2) is 36.4 Å². The lowest BCUT2D eigenvalue weighted by Gasteiger charge is -2.23. The number of rotatable bonds is 4. The molecular formula is C20H25ClN2O2. The average Bonchev–Trinajstić information content (AvgIpc) is 2.51. The van der Waals surface area contributed by atoms with Crippen LogP contribution in [-0.4, -0.2) is 12.8 Å². The number of amides is 2. The molecule has 25 heavy (non-hydrogen) atoms. The SMILES string of the molecule is Cc1ccc(OCNC(=O)Nc2cc(Cl)ccc2C)c(C(C)(C)C)c1. The molecule has 0 aliphatic heterocycles. The summed E-state index contributed by atoms with van der Waals surface area (Å²) in [5.41, 5.74) is 3.87. The van der Waals surface area contributed by atoms with Crippen LogP contribution >= 0.6 is 11.6 Å². The summed E-state index contributed by atoms with van der Waals surface area (Å²) in [4.78, 5) is 12.1. The lowest BCUT2D eigenvalue weighted by Crippen LogP contribution is -2.32. The minimum atomic E-state index is -0.338. The molecule has 0 aliphatic rings. The number of nitrogens with one attached hydrogen (secondary N) is 2. The van der Waals surface area contributed by atoms with Crippen LogP contribution in [0.3, 0.4) is 0 Å². The molecule has 2 aromatic carbocycles. The van der Waals surface area contributed by atoms with Crippen LogP contribution < -0.4 is 15.4 Å². The molecule has 0 saturated heterocycles. The minimum absolute atomic E-state index is 0.0402. The minimum Gasteiger partial charge on any atom is -0.473 e. The van der Waals surface area contributed by atoms with E-state index in [1.54, 1.807) is 12.1 Å². The number of hydrogen-bond donors (Lipinski definition) is 2. The number of aryl methyl sites for hydroxylation is 2. The standard InChI is InChI=1S/C20H25ClN2O2/c1-13-6-9-18(16(10-13)20(3,4)5)25-12-22-19(24)23-17-11-15(21)8-7-14(17)2/h6-11H,12H2,1-5H3,(H2,22,23,24). The van der Waals surface area contributed by atoms with E-state index in [4.69, 9.17) is 16.3 Å². The highest BCUT2D eigenvalue weighted by Crippen LogP contribution is 2.32. The van der Waals surface area contributed by atoms with E-state index < -0.39 is 0 Å². The smallest absolute Gasteiger partial charge is 0.321 e. The molecule has 2 rings (SSSR count). The lowest BCUT2D eigenvalue weighted by molar-refractivity contribution is 0.233. The van der Waals surface area contributed by atoms with Gasteiger partial charge in [0.05, 0.1) is 0 Å². The van der Waals surface area contributed by atoms with E-state index >= 15 is 0 Å². The molecule has 134 valence electrons. The summed E-state index contributed by atoms with van der Waals surface area (Å²) in [5, 5.41) is 6.06. The van der Waals surface area contributed by atoms with Crippen molar-refractivity contribution in [1.82, 2.24) is 5.32 Å². The molecule has 0 spiro atoms. The van der Waals surface area contributed by atoms with Crippen LogP contribution in [0.5, 0.6) is 5.75 Å². The Hall–Kier alpha value is -2.20. The molecule has 2 amide bonds. The van der Waals surface area contributed by atoms with Crippen molar-refractivity contribution in [3.05, 3.63) is 58.1 Å². The van der Waals surface area contributed by atoms with Gasteiger partial charge in [-0.1, -0.05) is 56.1 Å². The molecule has 0 bridgehead atoms. The summed E-state index contributed by atoms with van der Waals surface area (Å²) in [5.74, 6) is 0.775. The number of carbonyl (C=O) groups excluding carboxylic acids is 1. The number of hydrogen-bond acceptors (Lipinski definition) is 2. The van der Waals surface area contributed by atoms with E-state index in [2.05, 4.69) is 44.4 Å². The monoisotopic (exact) mass is 360 g/mol. The first-order valence-corrected chi connectivity index (χ1v) is 8.59. The molecule has 0 unspecified atom stereocenters. The van der Waals surface area contributed by atoms with E-state index in [1.165, 1.54) is 5.56 Å². The van der Waals surface area contributed by atoms with E-state index in [9.17, 15) is 4.79 Å². The second kappa shape index (κ2) is 7.79. The second-order valence-corrected chi connectivity index (χ2v) is 7.56. The average molecular weight is 361 g/mol. The Bertz CT molecular complexity index is 767. The fraction of sp³-hybridized carbons (Fsp3) is 0.350. The molecule has 0 aliphatic carbocycles. The second-order valence-electron chi connectivity index (χ2n) is 7.13. The Balaban J connectivity index is 1.97. The Kier molecular flexibility index (Phi) is 5.96. The molecule has 2 aromatic rings. The summed E-state index contributed by atoms with van der Waals surface area (Å²) in [6, 6.07) is 11.1. The normalized spacial score (nSPS) is 11.1. The van der Waals surface area contributed by atoms with Gasteiger partial charge in [0.25, 0.3) is 0 Å². The maximum atomic E-state index is 12.1. The molecule has 0 fully saturated rings. The van der Waals surface area contributed by atoms with Crippen molar-refractivity contribution in [2.24, 2.45) is 0 Å². The predicted molar refractivity (Wildman–Crippen MR) is 104 cm³/mol. The van der Waals surface area contributed by atoms with Crippen LogP contribution in [0.2, 0.25) is 5.02 Å². The maximum absolute atomic E-state index is 12.1. The number of ether oxygens (including phenoxy) is 1. The summed E-state index contributed by atoms with van der Waals surface area (Å²) < 4.78 is 5.78. The van der Waals surface area contributed by atoms with Gasteiger partial charge in [-0.05, 0) is 48.6 Å². The van der Waals surface area contributed by atoms with Crippen LogP contribution in [0.1, 0.15) is 37.5 Å². The van der Waals surface area contributed by atoms with E-state index in [0.717, 1.165) is 16.9 Å². The summed E-state index contributed by atoms with van der Waals surface area (Å²) in [6.45, 7) is 10.4. The summed E-state index contributed by atoms with van der Waals surface area (Å²) >= 11 is 5.96. The molecule has 0 saturated carbocycles. The number of anilines is 1. The van der Waals surface area contributed by atoms with Gasteiger partial charge in [-0.3, -0.25) is 0 Å². The van der Waals surface area contributed by atoms with Crippen molar-refractivity contribution >= 4 is 23.3 Å². The predicted octanol–water partition coefficient (Wildman–Crippen LogP) is 5.41. The molecule has 2 N–H and O–H groups in total. The van der Waals surface area contributed by atoms with Gasteiger partial charge < -0.3 is 15.4 Å². The third-order valence-electron chi connectivity index (χ3n) is 3.85. The molecule has 5 heteroatoms. The highest BCUT2D eigenvalue weighted by atomic mass is 35.5. The Labute approximate surface area is 154 Å². The van der Waals surface area contributed by atoms with Gasteiger partial charge in [0.1, 0.15) is 5.75 Å². The largest absolute Gasteiger partial charge is 0.473 e. The van der Waals surface area contributed by atoms with Gasteiger partial charge in [-0.2, -0.15) is 0 Å². The fourth-order valence-corrected chi connectivity index (χ4v) is 2.60. The topological polar surface area (TPSA) is 50.4 Å². The van der Waals surface area contributed by atoms with Crippen LogP contribution in [0, 0.1) is 13.8 Å². The number of carbonyl (C=O) groups is 1. The van der Waals surface area contributed by atoms with Gasteiger partial charge in [0, 0.05) is 10.7 Å². The number of benzene rings is 2. The lowest BCUT2D eigenvalue weighted by atomic mass is 9.85. The zero-order chi connectivity index (χ0) is 18.6. The number of urea groups is 1. The van der Waals surface area contributed by atoms with Gasteiger partial charge in [-0.15, -0.1) is 0 Å². The van der Waals surface area contributed by atoms with Crippen molar-refractivity contribution < 1.29 is 9.53 Å². The van der Waals surface area contributed by atoms with Crippen molar-refractivity contribution in [3.8, 4) is 5.75 Å². The first-order valence-electron chi connectivity index (χ1n) is 8.22. The zero-order valence-electron chi connectivity index (χ0n) is 15.4. The van der Waals surface area contributed by atoms with Gasteiger partial charge in [0.2, 0.25) is 0 Å². The molecule has 0 aromatic heterocycles.